The highest BCUT2D eigenvalue weighted by atomic mass is 19.1. The van der Waals surface area contributed by atoms with E-state index >= 15 is 0 Å². The van der Waals surface area contributed by atoms with E-state index in [0.717, 1.165) is 30.0 Å². The van der Waals surface area contributed by atoms with Crippen LogP contribution < -0.4 is 5.32 Å². The van der Waals surface area contributed by atoms with Gasteiger partial charge in [-0.2, -0.15) is 5.26 Å². The molecule has 18 heavy (non-hydrogen) atoms. The molecule has 1 aromatic carbocycles. The van der Waals surface area contributed by atoms with Crippen molar-refractivity contribution in [1.29, 1.82) is 5.26 Å². The molecular weight excluding hydrogens is 227 g/mol. The van der Waals surface area contributed by atoms with Gasteiger partial charge in [-0.15, -0.1) is 0 Å². The second kappa shape index (κ2) is 4.61. The molecule has 0 saturated heterocycles. The summed E-state index contributed by atoms with van der Waals surface area (Å²) in [7, 11) is 0. The Bertz CT molecular complexity index is 492. The van der Waals surface area contributed by atoms with Crippen molar-refractivity contribution in [3.8, 4) is 6.07 Å². The number of nitrogens with one attached hydrogen (secondary N) is 1. The van der Waals surface area contributed by atoms with E-state index in [2.05, 4.69) is 5.32 Å². The van der Waals surface area contributed by atoms with Gasteiger partial charge in [-0.1, -0.05) is 6.42 Å². The van der Waals surface area contributed by atoms with Crippen LogP contribution in [-0.2, 0) is 0 Å². The number of halogens is 1. The molecule has 0 radical (unpaired) electrons. The number of nitriles is 1. The Morgan fingerprint density at radius 2 is 2.22 bits per heavy atom. The van der Waals surface area contributed by atoms with Gasteiger partial charge in [-0.25, -0.2) is 4.39 Å². The van der Waals surface area contributed by atoms with Crippen molar-refractivity contribution < 1.29 is 4.39 Å². The second-order valence-electron chi connectivity index (χ2n) is 5.62. The fourth-order valence-corrected chi connectivity index (χ4v) is 3.63. The van der Waals surface area contributed by atoms with Crippen LogP contribution in [0.4, 0.5) is 10.1 Å². The first-order valence-corrected chi connectivity index (χ1v) is 6.70. The molecule has 0 aliphatic heterocycles. The fourth-order valence-electron chi connectivity index (χ4n) is 3.63. The van der Waals surface area contributed by atoms with E-state index in [4.69, 9.17) is 5.26 Å². The zero-order chi connectivity index (χ0) is 12.5. The number of hydrogen-bond acceptors (Lipinski definition) is 2. The minimum Gasteiger partial charge on any atom is -0.384 e. The number of benzene rings is 1. The second-order valence-corrected chi connectivity index (χ2v) is 5.62. The van der Waals surface area contributed by atoms with Crippen LogP contribution in [0.5, 0.6) is 0 Å². The molecule has 2 aliphatic carbocycles. The van der Waals surface area contributed by atoms with Gasteiger partial charge in [0.2, 0.25) is 0 Å². The third-order valence-electron chi connectivity index (χ3n) is 4.54. The van der Waals surface area contributed by atoms with Crippen LogP contribution in [0.25, 0.3) is 0 Å². The van der Waals surface area contributed by atoms with Gasteiger partial charge in [0.25, 0.3) is 0 Å². The van der Waals surface area contributed by atoms with Crippen LogP contribution in [-0.4, -0.2) is 6.54 Å². The van der Waals surface area contributed by atoms with Crippen molar-refractivity contribution in [3.63, 3.8) is 0 Å². The lowest BCUT2D eigenvalue weighted by molar-refractivity contribution is 0.348. The van der Waals surface area contributed by atoms with Crippen LogP contribution >= 0.6 is 0 Å². The van der Waals surface area contributed by atoms with E-state index in [-0.39, 0.29) is 5.82 Å². The molecule has 0 heterocycles. The van der Waals surface area contributed by atoms with Gasteiger partial charge in [0.05, 0.1) is 11.3 Å². The molecule has 3 rings (SSSR count). The Kier molecular flexibility index (Phi) is 2.95. The molecule has 2 nitrogen and oxygen atoms in total. The highest BCUT2D eigenvalue weighted by molar-refractivity contribution is 5.57. The third-order valence-corrected chi connectivity index (χ3v) is 4.54. The first-order chi connectivity index (χ1) is 8.76. The molecule has 2 bridgehead atoms. The van der Waals surface area contributed by atoms with Crippen molar-refractivity contribution in [2.75, 3.05) is 11.9 Å². The molecule has 3 heteroatoms. The summed E-state index contributed by atoms with van der Waals surface area (Å²) in [5, 5.41) is 12.3. The standard InChI is InChI=1S/C15H17FN2/c16-14-3-4-15(12(7-14)8-17)18-9-13-6-10-1-2-11(13)5-10/h3-4,7,10-11,13,18H,1-2,5-6,9H2. The number of hydrogen-bond donors (Lipinski definition) is 1. The smallest absolute Gasteiger partial charge is 0.124 e. The van der Waals surface area contributed by atoms with Gasteiger partial charge in [0.15, 0.2) is 0 Å². The summed E-state index contributed by atoms with van der Waals surface area (Å²) in [5.41, 5.74) is 1.17. The van der Waals surface area contributed by atoms with E-state index in [1.54, 1.807) is 6.07 Å². The Balaban J connectivity index is 1.65. The first kappa shape index (κ1) is 11.5. The van der Waals surface area contributed by atoms with Crippen molar-refractivity contribution >= 4 is 5.69 Å². The van der Waals surface area contributed by atoms with E-state index < -0.39 is 0 Å². The molecule has 3 unspecified atom stereocenters. The Morgan fingerprint density at radius 1 is 1.33 bits per heavy atom. The van der Waals surface area contributed by atoms with E-state index in [0.29, 0.717) is 5.56 Å². The molecule has 94 valence electrons. The Labute approximate surface area is 107 Å². The van der Waals surface area contributed by atoms with Crippen molar-refractivity contribution in [2.24, 2.45) is 17.8 Å². The molecule has 2 fully saturated rings. The highest BCUT2D eigenvalue weighted by Crippen LogP contribution is 2.48. The average Bonchev–Trinajstić information content (AvgIpc) is 2.99. The first-order valence-electron chi connectivity index (χ1n) is 6.70. The average molecular weight is 244 g/mol. The van der Waals surface area contributed by atoms with E-state index in [1.165, 1.54) is 37.8 Å². The molecule has 1 N–H and O–H groups in total. The molecular formula is C15H17FN2. The lowest BCUT2D eigenvalue weighted by Crippen LogP contribution is -2.20. The molecule has 0 aromatic heterocycles. The molecule has 1 aromatic rings. The third kappa shape index (κ3) is 2.08. The van der Waals surface area contributed by atoms with Gasteiger partial charge < -0.3 is 5.32 Å². The quantitative estimate of drug-likeness (QED) is 0.882. The zero-order valence-corrected chi connectivity index (χ0v) is 10.3. The number of nitrogens with zero attached hydrogens (tertiary/aromatic N) is 1. The summed E-state index contributed by atoms with van der Waals surface area (Å²) in [6.07, 6.45) is 5.48. The molecule has 0 spiro atoms. The van der Waals surface area contributed by atoms with Gasteiger partial charge >= 0.3 is 0 Å². The molecule has 2 aliphatic rings. The monoisotopic (exact) mass is 244 g/mol. The number of fused-ring (bicyclic) bond motifs is 2. The predicted octanol–water partition coefficient (Wildman–Crippen LogP) is 3.55. The summed E-state index contributed by atoms with van der Waals surface area (Å²) < 4.78 is 13.0. The van der Waals surface area contributed by atoms with Gasteiger partial charge in [-0.05, 0) is 55.2 Å². The zero-order valence-electron chi connectivity index (χ0n) is 10.3. The topological polar surface area (TPSA) is 35.8 Å². The van der Waals surface area contributed by atoms with Crippen LogP contribution in [0.2, 0.25) is 0 Å². The maximum absolute atomic E-state index is 13.0. The molecule has 2 saturated carbocycles. The van der Waals surface area contributed by atoms with Crippen LogP contribution in [0, 0.1) is 34.9 Å². The SMILES string of the molecule is N#Cc1cc(F)ccc1NCC1CC2CCC1C2. The number of rotatable bonds is 3. The maximum atomic E-state index is 13.0. The van der Waals surface area contributed by atoms with Crippen LogP contribution in [0.3, 0.4) is 0 Å². The van der Waals surface area contributed by atoms with Crippen LogP contribution in [0.1, 0.15) is 31.2 Å². The normalized spacial score (nSPS) is 29.2. The molecule has 0 amide bonds. The van der Waals surface area contributed by atoms with Crippen LogP contribution in [0.15, 0.2) is 18.2 Å². The van der Waals surface area contributed by atoms with E-state index in [9.17, 15) is 4.39 Å². The fraction of sp³-hybridized carbons (Fsp3) is 0.533. The Morgan fingerprint density at radius 3 is 2.89 bits per heavy atom. The number of anilines is 1. The van der Waals surface area contributed by atoms with E-state index in [1.807, 2.05) is 6.07 Å². The van der Waals surface area contributed by atoms with Crippen molar-refractivity contribution in [2.45, 2.75) is 25.7 Å². The van der Waals surface area contributed by atoms with Crippen molar-refractivity contribution in [1.82, 2.24) is 0 Å². The summed E-state index contributed by atoms with van der Waals surface area (Å²) in [6.45, 7) is 0.918. The summed E-state index contributed by atoms with van der Waals surface area (Å²) in [6, 6.07) is 6.41. The minimum absolute atomic E-state index is 0.350. The van der Waals surface area contributed by atoms with Gasteiger partial charge in [0.1, 0.15) is 11.9 Å². The molecule has 3 atom stereocenters. The largest absolute Gasteiger partial charge is 0.384 e. The lowest BCUT2D eigenvalue weighted by atomic mass is 9.89. The minimum atomic E-state index is -0.350. The summed E-state index contributed by atoms with van der Waals surface area (Å²) in [5.74, 6) is 2.19. The van der Waals surface area contributed by atoms with Gasteiger partial charge in [-0.3, -0.25) is 0 Å². The predicted molar refractivity (Wildman–Crippen MR) is 68.5 cm³/mol. The lowest BCUT2D eigenvalue weighted by Gasteiger charge is -2.22. The van der Waals surface area contributed by atoms with Gasteiger partial charge in [0, 0.05) is 6.54 Å². The summed E-state index contributed by atoms with van der Waals surface area (Å²) in [4.78, 5) is 0. The maximum Gasteiger partial charge on any atom is 0.124 e. The highest BCUT2D eigenvalue weighted by Gasteiger charge is 2.39. The summed E-state index contributed by atoms with van der Waals surface area (Å²) >= 11 is 0. The Hall–Kier alpha value is -1.56. The van der Waals surface area contributed by atoms with Crippen molar-refractivity contribution in [3.05, 3.63) is 29.6 Å².